The van der Waals surface area contributed by atoms with E-state index in [2.05, 4.69) is 40.4 Å². The number of amides is 1. The zero-order valence-electron chi connectivity index (χ0n) is 25.8. The molecule has 4 aromatic rings. The molecule has 4 aliphatic rings. The van der Waals surface area contributed by atoms with E-state index in [4.69, 9.17) is 46.4 Å². The molecule has 248 valence electrons. The van der Waals surface area contributed by atoms with E-state index in [1.54, 1.807) is 12.4 Å². The number of nitrogens with one attached hydrogen (secondary N) is 2. The fourth-order valence-electron chi connectivity index (χ4n) is 7.69. The first-order valence-corrected chi connectivity index (χ1v) is 17.3. The lowest BCUT2D eigenvalue weighted by Crippen LogP contribution is -2.56. The predicted octanol–water partition coefficient (Wildman–Crippen LogP) is 5.32. The normalized spacial score (nSPS) is 21.4. The van der Waals surface area contributed by atoms with Crippen molar-refractivity contribution < 1.29 is 9.90 Å². The van der Waals surface area contributed by atoms with Crippen molar-refractivity contribution in [3.8, 4) is 33.6 Å². The number of likely N-dealkylation sites (tertiary alicyclic amines) is 2. The van der Waals surface area contributed by atoms with Crippen molar-refractivity contribution in [3.05, 3.63) is 80.5 Å². The molecule has 10 nitrogen and oxygen atoms in total. The SMILES string of the molecule is O=C1CC2(CN1)CN(Cc1ncc(-c3cccc(-c4cccc(-c5cnc(CN6CC7(CNC(O)C7)C6)c(Cl)n5)c4Cl)c3Cl)nc1Cl)C2. The minimum absolute atomic E-state index is 0.0309. The van der Waals surface area contributed by atoms with Crippen LogP contribution in [-0.4, -0.2) is 86.2 Å². The molecule has 0 radical (unpaired) electrons. The molecule has 2 spiro atoms. The first-order valence-electron chi connectivity index (χ1n) is 15.8. The van der Waals surface area contributed by atoms with Crippen LogP contribution in [0.15, 0.2) is 48.8 Å². The molecule has 2 aromatic carbocycles. The van der Waals surface area contributed by atoms with E-state index < -0.39 is 6.23 Å². The van der Waals surface area contributed by atoms with E-state index in [-0.39, 0.29) is 16.7 Å². The number of benzene rings is 2. The van der Waals surface area contributed by atoms with Crippen LogP contribution in [0.2, 0.25) is 20.4 Å². The van der Waals surface area contributed by atoms with Crippen molar-refractivity contribution in [3.63, 3.8) is 0 Å². The number of nitrogens with zero attached hydrogens (tertiary/aromatic N) is 6. The van der Waals surface area contributed by atoms with Gasteiger partial charge in [-0.3, -0.25) is 29.9 Å². The maximum Gasteiger partial charge on any atom is 0.220 e. The van der Waals surface area contributed by atoms with Gasteiger partial charge in [0.1, 0.15) is 6.23 Å². The Balaban J connectivity index is 0.988. The standard InChI is InChI=1S/C34H32Cl4N8O2/c35-29-19(3-1-5-21(29)23-9-39-25(31(37)43-23)11-45-15-33(16-45)7-27(47)41-13-33)20-4-2-6-22(30(20)36)24-10-40-26(32(38)44-24)12-46-17-34(18-46)8-28(48)42-14-34/h1-6,9-10,27,41,47H,7-8,11-18H2,(H,42,48). The fourth-order valence-corrected chi connectivity index (χ4v) is 8.74. The van der Waals surface area contributed by atoms with Crippen LogP contribution in [0.5, 0.6) is 0 Å². The topological polar surface area (TPSA) is 119 Å². The summed E-state index contributed by atoms with van der Waals surface area (Å²) in [6.45, 7) is 6.11. The Labute approximate surface area is 297 Å². The number of hydrogen-bond acceptors (Lipinski definition) is 9. The molecule has 1 unspecified atom stereocenters. The minimum atomic E-state index is -0.426. The summed E-state index contributed by atoms with van der Waals surface area (Å²) in [4.78, 5) is 34.8. The molecular weight excluding hydrogens is 694 g/mol. The highest BCUT2D eigenvalue weighted by molar-refractivity contribution is 6.39. The van der Waals surface area contributed by atoms with Crippen LogP contribution in [0.25, 0.3) is 33.6 Å². The van der Waals surface area contributed by atoms with Crippen molar-refractivity contribution in [2.45, 2.75) is 32.2 Å². The lowest BCUT2D eigenvalue weighted by molar-refractivity contribution is -0.120. The lowest BCUT2D eigenvalue weighted by atomic mass is 9.79. The number of halogens is 4. The third-order valence-electron chi connectivity index (χ3n) is 9.96. The maximum absolute atomic E-state index is 11.7. The van der Waals surface area contributed by atoms with Crippen LogP contribution >= 0.6 is 46.4 Å². The summed E-state index contributed by atoms with van der Waals surface area (Å²) in [5.74, 6) is 0.118. The Morgan fingerprint density at radius 3 is 1.69 bits per heavy atom. The second-order valence-electron chi connectivity index (χ2n) is 13.7. The van der Waals surface area contributed by atoms with Crippen LogP contribution in [0.4, 0.5) is 0 Å². The van der Waals surface area contributed by atoms with Gasteiger partial charge < -0.3 is 10.4 Å². The Kier molecular flexibility index (Phi) is 8.37. The van der Waals surface area contributed by atoms with Crippen LogP contribution in [0.1, 0.15) is 24.2 Å². The molecule has 0 saturated carbocycles. The summed E-state index contributed by atoms with van der Waals surface area (Å²) in [6.07, 6.45) is 4.30. The Morgan fingerprint density at radius 1 is 0.750 bits per heavy atom. The first kappa shape index (κ1) is 32.3. The first-order chi connectivity index (χ1) is 23.1. The number of aromatic nitrogens is 4. The summed E-state index contributed by atoms with van der Waals surface area (Å²) in [5.41, 5.74) is 5.46. The molecule has 3 N–H and O–H groups in total. The van der Waals surface area contributed by atoms with E-state index in [1.807, 2.05) is 36.4 Å². The highest BCUT2D eigenvalue weighted by atomic mass is 35.5. The van der Waals surface area contributed by atoms with E-state index >= 15 is 0 Å². The largest absolute Gasteiger partial charge is 0.379 e. The van der Waals surface area contributed by atoms with E-state index in [0.29, 0.717) is 73.8 Å². The van der Waals surface area contributed by atoms with Crippen molar-refractivity contribution >= 4 is 52.3 Å². The average molecular weight is 726 g/mol. The predicted molar refractivity (Wildman–Crippen MR) is 186 cm³/mol. The van der Waals surface area contributed by atoms with Crippen molar-refractivity contribution in [1.29, 1.82) is 0 Å². The zero-order valence-corrected chi connectivity index (χ0v) is 28.8. The molecule has 4 aliphatic heterocycles. The average Bonchev–Trinajstić information content (AvgIpc) is 3.62. The second-order valence-corrected chi connectivity index (χ2v) is 15.1. The summed E-state index contributed by atoms with van der Waals surface area (Å²) in [5, 5.41) is 17.5. The van der Waals surface area contributed by atoms with Gasteiger partial charge in [-0.25, -0.2) is 9.97 Å². The van der Waals surface area contributed by atoms with Crippen molar-refractivity contribution in [2.24, 2.45) is 10.8 Å². The van der Waals surface area contributed by atoms with E-state index in [1.165, 1.54) is 0 Å². The summed E-state index contributed by atoms with van der Waals surface area (Å²) >= 11 is 27.3. The molecule has 0 aliphatic carbocycles. The zero-order chi connectivity index (χ0) is 33.2. The highest BCUT2D eigenvalue weighted by Crippen LogP contribution is 2.43. The molecule has 1 atom stereocenters. The van der Waals surface area contributed by atoms with Crippen molar-refractivity contribution in [1.82, 2.24) is 40.4 Å². The van der Waals surface area contributed by atoms with Gasteiger partial charge in [0.15, 0.2) is 10.3 Å². The molecule has 1 amide bonds. The molecule has 4 fully saturated rings. The highest BCUT2D eigenvalue weighted by Gasteiger charge is 2.49. The Hall–Kier alpha value is -2.93. The molecule has 14 heteroatoms. The molecule has 0 bridgehead atoms. The number of aliphatic hydroxyl groups excluding tert-OH is 1. The number of aliphatic hydroxyl groups is 1. The number of carbonyl (C=O) groups excluding carboxylic acids is 1. The van der Waals surface area contributed by atoms with Crippen LogP contribution in [0.3, 0.4) is 0 Å². The molecule has 8 rings (SSSR count). The third-order valence-corrected chi connectivity index (χ3v) is 11.4. The van der Waals surface area contributed by atoms with Gasteiger partial charge in [-0.05, 0) is 6.42 Å². The van der Waals surface area contributed by atoms with Gasteiger partial charge in [0.2, 0.25) is 5.91 Å². The quantitative estimate of drug-likeness (QED) is 0.233. The maximum atomic E-state index is 11.7. The van der Waals surface area contributed by atoms with Crippen LogP contribution in [-0.2, 0) is 17.9 Å². The number of hydrogen-bond donors (Lipinski definition) is 3. The number of rotatable bonds is 7. The Bertz CT molecular complexity index is 1930. The lowest BCUT2D eigenvalue weighted by Gasteiger charge is -2.47. The molecular formula is C34H32Cl4N8O2. The fraction of sp³-hybridized carbons (Fsp3) is 0.382. The van der Waals surface area contributed by atoms with Gasteiger partial charge in [-0.15, -0.1) is 0 Å². The second kappa shape index (κ2) is 12.4. The molecule has 4 saturated heterocycles. The summed E-state index contributed by atoms with van der Waals surface area (Å²) in [6, 6.07) is 11.4. The Morgan fingerprint density at radius 2 is 1.25 bits per heavy atom. The smallest absolute Gasteiger partial charge is 0.220 e. The van der Waals surface area contributed by atoms with Gasteiger partial charge in [0, 0.05) is 91.9 Å². The molecule has 2 aromatic heterocycles. The van der Waals surface area contributed by atoms with Gasteiger partial charge in [-0.2, -0.15) is 0 Å². The molecule has 6 heterocycles. The van der Waals surface area contributed by atoms with Crippen LogP contribution in [0, 0.1) is 10.8 Å². The van der Waals surface area contributed by atoms with E-state index in [0.717, 1.165) is 56.8 Å². The summed E-state index contributed by atoms with van der Waals surface area (Å²) in [7, 11) is 0. The monoisotopic (exact) mass is 724 g/mol. The van der Waals surface area contributed by atoms with Crippen molar-refractivity contribution in [2.75, 3.05) is 39.3 Å². The van der Waals surface area contributed by atoms with Gasteiger partial charge in [0.05, 0.1) is 45.2 Å². The van der Waals surface area contributed by atoms with Crippen LogP contribution < -0.4 is 10.6 Å². The van der Waals surface area contributed by atoms with Gasteiger partial charge in [0.25, 0.3) is 0 Å². The third kappa shape index (κ3) is 5.96. The van der Waals surface area contributed by atoms with Gasteiger partial charge in [-0.1, -0.05) is 82.8 Å². The summed E-state index contributed by atoms with van der Waals surface area (Å²) < 4.78 is 0. The minimum Gasteiger partial charge on any atom is -0.379 e. The molecule has 48 heavy (non-hydrogen) atoms. The van der Waals surface area contributed by atoms with Gasteiger partial charge >= 0.3 is 0 Å². The van der Waals surface area contributed by atoms with E-state index in [9.17, 15) is 9.90 Å². The number of carbonyl (C=O) groups is 1.